The van der Waals surface area contributed by atoms with Gasteiger partial charge in [0, 0.05) is 0 Å². The molecule has 0 radical (unpaired) electrons. The van der Waals surface area contributed by atoms with Gasteiger partial charge in [-0.1, -0.05) is 6.07 Å². The summed E-state index contributed by atoms with van der Waals surface area (Å²) in [5, 5.41) is 5.26. The van der Waals surface area contributed by atoms with Crippen LogP contribution < -0.4 is 0 Å². The minimum absolute atomic E-state index is 0.190. The first-order chi connectivity index (χ1) is 27.7. The van der Waals surface area contributed by atoms with E-state index in [2.05, 4.69) is 217 Å². The SMILES string of the molecule is c1ccc(-c2cccc(-c3cc(-c4ccc5c6ccccc6n(-c6ccccc6)c5c4)cc(-c4cccc5c4[se]c4ccc(-c6ccccc6)cc45)c3)c2)cc1. The summed E-state index contributed by atoms with van der Waals surface area (Å²) < 4.78 is 5.32. The molecule has 0 saturated carbocycles. The van der Waals surface area contributed by atoms with E-state index in [0.29, 0.717) is 0 Å². The zero-order chi connectivity index (χ0) is 37.0. The van der Waals surface area contributed by atoms with Crippen LogP contribution in [0.3, 0.4) is 0 Å². The van der Waals surface area contributed by atoms with Crippen molar-refractivity contribution in [3.05, 3.63) is 212 Å². The summed E-state index contributed by atoms with van der Waals surface area (Å²) in [6, 6.07) is 78.2. The van der Waals surface area contributed by atoms with Gasteiger partial charge in [-0.3, -0.25) is 0 Å². The fourth-order valence-electron chi connectivity index (χ4n) is 8.47. The van der Waals surface area contributed by atoms with Crippen LogP contribution in [-0.2, 0) is 0 Å². The second-order valence-electron chi connectivity index (χ2n) is 14.5. The Balaban J connectivity index is 1.13. The molecule has 0 fully saturated rings. The van der Waals surface area contributed by atoms with E-state index in [9.17, 15) is 0 Å². The number of nitrogens with zero attached hydrogens (tertiary/aromatic N) is 1. The summed E-state index contributed by atoms with van der Waals surface area (Å²) in [6.07, 6.45) is 0. The number of rotatable bonds is 6. The first-order valence-corrected chi connectivity index (χ1v) is 20.9. The molecule has 262 valence electrons. The second-order valence-corrected chi connectivity index (χ2v) is 16.7. The van der Waals surface area contributed by atoms with Gasteiger partial charge < -0.3 is 0 Å². The van der Waals surface area contributed by atoms with Gasteiger partial charge in [-0.15, -0.1) is 0 Å². The van der Waals surface area contributed by atoms with Crippen LogP contribution in [0.4, 0.5) is 0 Å². The quantitative estimate of drug-likeness (QED) is 0.148. The molecule has 0 amide bonds. The van der Waals surface area contributed by atoms with Gasteiger partial charge in [0.1, 0.15) is 0 Å². The van der Waals surface area contributed by atoms with Crippen LogP contribution in [0.15, 0.2) is 212 Å². The van der Waals surface area contributed by atoms with Crippen LogP contribution in [0.2, 0.25) is 0 Å². The predicted octanol–water partition coefficient (Wildman–Crippen LogP) is 14.5. The van der Waals surface area contributed by atoms with Crippen LogP contribution >= 0.6 is 0 Å². The van der Waals surface area contributed by atoms with Crippen LogP contribution in [0, 0.1) is 0 Å². The van der Waals surface area contributed by atoms with E-state index in [-0.39, 0.29) is 14.5 Å². The molecule has 11 aromatic rings. The normalized spacial score (nSPS) is 11.6. The number of benzene rings is 9. The summed E-state index contributed by atoms with van der Waals surface area (Å²) in [5.41, 5.74) is 16.0. The molecule has 2 heteroatoms. The van der Waals surface area contributed by atoms with Gasteiger partial charge in [0.2, 0.25) is 0 Å². The first kappa shape index (κ1) is 32.7. The van der Waals surface area contributed by atoms with Crippen molar-refractivity contribution in [2.45, 2.75) is 0 Å². The molecule has 11 rings (SSSR count). The maximum atomic E-state index is 2.42. The van der Waals surface area contributed by atoms with E-state index in [0.717, 1.165) is 0 Å². The van der Waals surface area contributed by atoms with Gasteiger partial charge in [0.15, 0.2) is 0 Å². The molecule has 0 atom stereocenters. The molecule has 56 heavy (non-hydrogen) atoms. The van der Waals surface area contributed by atoms with Crippen molar-refractivity contribution in [3.63, 3.8) is 0 Å². The Labute approximate surface area is 332 Å². The average Bonchev–Trinajstić information content (AvgIpc) is 3.82. The van der Waals surface area contributed by atoms with Crippen molar-refractivity contribution in [3.8, 4) is 61.3 Å². The molecular formula is C54H35NSe. The van der Waals surface area contributed by atoms with E-state index < -0.39 is 0 Å². The third-order valence-electron chi connectivity index (χ3n) is 11.2. The van der Waals surface area contributed by atoms with Gasteiger partial charge in [0.25, 0.3) is 0 Å². The molecular weight excluding hydrogens is 742 g/mol. The van der Waals surface area contributed by atoms with Gasteiger partial charge in [0.05, 0.1) is 0 Å². The third kappa shape index (κ3) is 5.62. The standard InChI is InChI=1S/C54H35NSe/c1-4-14-36(15-5-1)38-18-12-19-39(30-38)42-31-43(41-26-28-48-47-22-10-11-25-51(47)55(52(48)35-41)45-20-8-3-9-21-45)33-44(32-42)46-23-13-24-49-50-34-40(37-16-6-2-7-17-37)27-29-53(50)56-54(46)49/h1-35H. The van der Waals surface area contributed by atoms with Crippen molar-refractivity contribution >= 4 is 55.6 Å². The Morgan fingerprint density at radius 1 is 0.286 bits per heavy atom. The Morgan fingerprint density at radius 2 is 0.804 bits per heavy atom. The Kier molecular flexibility index (Phi) is 7.91. The molecule has 0 bridgehead atoms. The van der Waals surface area contributed by atoms with Crippen molar-refractivity contribution < 1.29 is 0 Å². The summed E-state index contributed by atoms with van der Waals surface area (Å²) >= 11 is 0.190. The van der Waals surface area contributed by atoms with Crippen LogP contribution in [0.5, 0.6) is 0 Å². The Hall–Kier alpha value is -6.70. The van der Waals surface area contributed by atoms with Crippen LogP contribution in [-0.4, -0.2) is 19.1 Å². The molecule has 2 heterocycles. The monoisotopic (exact) mass is 777 g/mol. The van der Waals surface area contributed by atoms with Crippen molar-refractivity contribution in [2.75, 3.05) is 0 Å². The van der Waals surface area contributed by atoms with Crippen molar-refractivity contribution in [1.82, 2.24) is 4.57 Å². The molecule has 1 nitrogen and oxygen atoms in total. The predicted molar refractivity (Wildman–Crippen MR) is 240 cm³/mol. The molecule has 0 saturated heterocycles. The summed E-state index contributed by atoms with van der Waals surface area (Å²) in [7, 11) is 0. The number of hydrogen-bond donors (Lipinski definition) is 0. The second kappa shape index (κ2) is 13.6. The Bertz CT molecular complexity index is 3230. The molecule has 0 unspecified atom stereocenters. The van der Waals surface area contributed by atoms with Gasteiger partial charge >= 0.3 is 328 Å². The first-order valence-electron chi connectivity index (χ1n) is 19.2. The number of hydrogen-bond acceptors (Lipinski definition) is 0. The van der Waals surface area contributed by atoms with Crippen molar-refractivity contribution in [2.24, 2.45) is 0 Å². The Morgan fingerprint density at radius 3 is 1.55 bits per heavy atom. The molecule has 0 N–H and O–H groups in total. The zero-order valence-electron chi connectivity index (χ0n) is 30.6. The summed E-state index contributed by atoms with van der Waals surface area (Å²) in [6.45, 7) is 0. The van der Waals surface area contributed by atoms with Gasteiger partial charge in [-0.2, -0.15) is 0 Å². The fraction of sp³-hybridized carbons (Fsp3) is 0. The molecule has 9 aromatic carbocycles. The van der Waals surface area contributed by atoms with E-state index in [1.807, 2.05) is 0 Å². The average molecular weight is 777 g/mol. The summed E-state index contributed by atoms with van der Waals surface area (Å²) in [4.78, 5) is 0. The van der Waals surface area contributed by atoms with E-state index in [4.69, 9.17) is 0 Å². The van der Waals surface area contributed by atoms with Gasteiger partial charge in [-0.25, -0.2) is 0 Å². The molecule has 0 aliphatic heterocycles. The molecule has 0 aliphatic carbocycles. The third-order valence-corrected chi connectivity index (χ3v) is 13.7. The van der Waals surface area contributed by atoms with Crippen LogP contribution in [0.1, 0.15) is 0 Å². The van der Waals surface area contributed by atoms with Crippen LogP contribution in [0.25, 0.3) is 102 Å². The fourth-order valence-corrected chi connectivity index (χ4v) is 11.0. The summed E-state index contributed by atoms with van der Waals surface area (Å²) in [5.74, 6) is 0. The molecule has 2 aromatic heterocycles. The number of aromatic nitrogens is 1. The van der Waals surface area contributed by atoms with E-state index in [1.165, 1.54) is 102 Å². The van der Waals surface area contributed by atoms with E-state index in [1.54, 1.807) is 0 Å². The number of fused-ring (bicyclic) bond motifs is 6. The zero-order valence-corrected chi connectivity index (χ0v) is 32.3. The maximum absolute atomic E-state index is 2.42. The number of para-hydroxylation sites is 2. The van der Waals surface area contributed by atoms with Crippen molar-refractivity contribution in [1.29, 1.82) is 0 Å². The molecule has 0 spiro atoms. The molecule has 0 aliphatic rings. The van der Waals surface area contributed by atoms with Gasteiger partial charge in [-0.05, 0) is 0 Å². The topological polar surface area (TPSA) is 4.93 Å². The minimum atomic E-state index is 0.190. The van der Waals surface area contributed by atoms with E-state index >= 15 is 0 Å².